The van der Waals surface area contributed by atoms with Gasteiger partial charge in [0.15, 0.2) is 6.54 Å². The molecule has 0 aromatic heterocycles. The molecule has 0 spiro atoms. The molecular weight excluding hydrogens is 395 g/mol. The van der Waals surface area contributed by atoms with Gasteiger partial charge in [-0.25, -0.2) is 13.9 Å². The summed E-state index contributed by atoms with van der Waals surface area (Å²) in [5.41, 5.74) is 1.98. The standard InChI is InChI=1S/C21H24FN2O.BrH/c1-16-7-4-5-8-19(16)23-15-21(25,17-10-12-18(22)13-11-17)24-14-6-2-3-9-20(23)24;/h4-5,7-8,10-13,25H,2-3,6,9,14-15H2,1H3;1H/q+1;/p-1. The van der Waals surface area contributed by atoms with Crippen molar-refractivity contribution in [2.24, 2.45) is 0 Å². The van der Waals surface area contributed by atoms with Crippen molar-refractivity contribution in [3.05, 3.63) is 65.5 Å². The van der Waals surface area contributed by atoms with Gasteiger partial charge < -0.3 is 22.1 Å². The molecule has 0 saturated heterocycles. The van der Waals surface area contributed by atoms with E-state index in [-0.39, 0.29) is 22.8 Å². The molecular formula is C21H24BrFN2O. The summed E-state index contributed by atoms with van der Waals surface area (Å²) in [6, 6.07) is 14.6. The number of benzene rings is 2. The Bertz CT molecular complexity index is 821. The molecule has 0 amide bonds. The summed E-state index contributed by atoms with van der Waals surface area (Å²) in [5, 5.41) is 11.6. The molecule has 2 aliphatic rings. The predicted molar refractivity (Wildman–Crippen MR) is 97.4 cm³/mol. The van der Waals surface area contributed by atoms with Crippen LogP contribution in [0.5, 0.6) is 0 Å². The van der Waals surface area contributed by atoms with Crippen molar-refractivity contribution in [1.82, 2.24) is 0 Å². The molecule has 2 aromatic carbocycles. The number of amidine groups is 1. The van der Waals surface area contributed by atoms with Crippen molar-refractivity contribution in [3.63, 3.8) is 0 Å². The second-order valence-electron chi connectivity index (χ2n) is 7.07. The van der Waals surface area contributed by atoms with Crippen LogP contribution in [0, 0.1) is 12.7 Å². The zero-order chi connectivity index (χ0) is 17.4. The molecule has 0 fully saturated rings. The summed E-state index contributed by atoms with van der Waals surface area (Å²) in [4.78, 5) is 2.25. The first-order chi connectivity index (χ1) is 12.1. The number of nitrogens with zero attached hydrogens (tertiary/aromatic N) is 2. The number of halogens is 2. The Balaban J connectivity index is 0.00000196. The maximum atomic E-state index is 13.4. The third-order valence-corrected chi connectivity index (χ3v) is 5.44. The largest absolute Gasteiger partial charge is 1.00 e. The number of aliphatic hydroxyl groups is 1. The normalized spacial score (nSPS) is 22.7. The van der Waals surface area contributed by atoms with Gasteiger partial charge in [0.2, 0.25) is 0 Å². The zero-order valence-corrected chi connectivity index (χ0v) is 16.5. The number of para-hydroxylation sites is 1. The third-order valence-electron chi connectivity index (χ3n) is 5.44. The number of hydrogen-bond donors (Lipinski definition) is 1. The summed E-state index contributed by atoms with van der Waals surface area (Å²) >= 11 is 0. The van der Waals surface area contributed by atoms with Gasteiger partial charge in [-0.3, -0.25) is 0 Å². The molecule has 0 aliphatic carbocycles. The Labute approximate surface area is 164 Å². The number of hydrogen-bond acceptors (Lipinski definition) is 2. The van der Waals surface area contributed by atoms with Gasteiger partial charge in [-0.2, -0.15) is 0 Å². The Hall–Kier alpha value is -1.72. The second-order valence-corrected chi connectivity index (χ2v) is 7.07. The van der Waals surface area contributed by atoms with Crippen molar-refractivity contribution in [2.45, 2.75) is 38.3 Å². The summed E-state index contributed by atoms with van der Waals surface area (Å²) in [5.74, 6) is 0.903. The van der Waals surface area contributed by atoms with Crippen molar-refractivity contribution < 1.29 is 31.1 Å². The fourth-order valence-corrected chi connectivity index (χ4v) is 4.12. The Kier molecular flexibility index (Phi) is 5.49. The van der Waals surface area contributed by atoms with Crippen molar-refractivity contribution >= 4 is 11.5 Å². The van der Waals surface area contributed by atoms with Crippen LogP contribution in [-0.4, -0.2) is 28.6 Å². The Morgan fingerprint density at radius 1 is 1.04 bits per heavy atom. The predicted octanol–water partition coefficient (Wildman–Crippen LogP) is 0.788. The monoisotopic (exact) mass is 418 g/mol. The summed E-state index contributed by atoms with van der Waals surface area (Å²) in [6.07, 6.45) is 4.32. The average molecular weight is 419 g/mol. The van der Waals surface area contributed by atoms with Crippen molar-refractivity contribution in [3.8, 4) is 0 Å². The first kappa shape index (κ1) is 19.1. The smallest absolute Gasteiger partial charge is 0.271 e. The van der Waals surface area contributed by atoms with Crippen molar-refractivity contribution in [2.75, 3.05) is 18.0 Å². The molecule has 2 aromatic rings. The molecule has 2 heterocycles. The first-order valence-corrected chi connectivity index (χ1v) is 9.05. The van der Waals surface area contributed by atoms with Crippen molar-refractivity contribution in [1.29, 1.82) is 0 Å². The lowest BCUT2D eigenvalue weighted by Crippen LogP contribution is -3.00. The molecule has 1 atom stereocenters. The molecule has 26 heavy (non-hydrogen) atoms. The van der Waals surface area contributed by atoms with Crippen LogP contribution in [-0.2, 0) is 5.72 Å². The topological polar surface area (TPSA) is 26.5 Å². The molecule has 138 valence electrons. The summed E-state index contributed by atoms with van der Waals surface area (Å²) in [6.45, 7) is 3.40. The molecule has 0 saturated carbocycles. The maximum absolute atomic E-state index is 13.4. The number of rotatable bonds is 2. The van der Waals surface area contributed by atoms with E-state index in [0.717, 1.165) is 37.1 Å². The van der Waals surface area contributed by atoms with Crippen LogP contribution >= 0.6 is 0 Å². The SMILES string of the molecule is Cc1ccccc1N1CC(O)(c2ccc(F)cc2)[N+]2=C1CCCCC2.[Br-]. The van der Waals surface area contributed by atoms with E-state index in [4.69, 9.17) is 0 Å². The van der Waals surface area contributed by atoms with E-state index in [1.807, 2.05) is 12.1 Å². The van der Waals surface area contributed by atoms with E-state index in [1.165, 1.54) is 30.0 Å². The lowest BCUT2D eigenvalue weighted by atomic mass is 10.0. The minimum absolute atomic E-state index is 0. The van der Waals surface area contributed by atoms with Gasteiger partial charge in [-0.1, -0.05) is 18.2 Å². The zero-order valence-electron chi connectivity index (χ0n) is 15.0. The van der Waals surface area contributed by atoms with Crippen LogP contribution < -0.4 is 21.9 Å². The van der Waals surface area contributed by atoms with Gasteiger partial charge in [0.1, 0.15) is 11.5 Å². The highest BCUT2D eigenvalue weighted by Gasteiger charge is 2.52. The van der Waals surface area contributed by atoms with E-state index in [1.54, 1.807) is 12.1 Å². The van der Waals surface area contributed by atoms with Crippen LogP contribution in [0.3, 0.4) is 0 Å². The van der Waals surface area contributed by atoms with Gasteiger partial charge in [0.05, 0.1) is 6.54 Å². The van der Waals surface area contributed by atoms with E-state index >= 15 is 0 Å². The highest BCUT2D eigenvalue weighted by molar-refractivity contribution is 5.96. The lowest BCUT2D eigenvalue weighted by molar-refractivity contribution is -0.658. The highest BCUT2D eigenvalue weighted by atomic mass is 79.9. The molecule has 2 aliphatic heterocycles. The number of β-amino-alcohol motifs (C(OH)–C–C–N with tert-alkyl or cyclic N) is 1. The quantitative estimate of drug-likeness (QED) is 0.729. The van der Waals surface area contributed by atoms with Gasteiger partial charge in [0, 0.05) is 12.0 Å². The van der Waals surface area contributed by atoms with Crippen LogP contribution in [0.2, 0.25) is 0 Å². The lowest BCUT2D eigenvalue weighted by Gasteiger charge is -2.23. The Morgan fingerprint density at radius 2 is 1.77 bits per heavy atom. The molecule has 1 unspecified atom stereocenters. The average Bonchev–Trinajstić information content (AvgIpc) is 2.78. The fraction of sp³-hybridized carbons (Fsp3) is 0.381. The number of aryl methyl sites for hydroxylation is 1. The molecule has 5 heteroatoms. The molecule has 4 rings (SSSR count). The highest BCUT2D eigenvalue weighted by Crippen LogP contribution is 2.36. The molecule has 1 N–H and O–H groups in total. The van der Waals surface area contributed by atoms with Crippen LogP contribution in [0.15, 0.2) is 48.5 Å². The maximum Gasteiger partial charge on any atom is 0.271 e. The minimum Gasteiger partial charge on any atom is -1.00 e. The summed E-state index contributed by atoms with van der Waals surface area (Å²) < 4.78 is 15.5. The molecule has 0 radical (unpaired) electrons. The van der Waals surface area contributed by atoms with Crippen LogP contribution in [0.4, 0.5) is 10.1 Å². The van der Waals surface area contributed by atoms with E-state index < -0.39 is 5.72 Å². The molecule has 0 bridgehead atoms. The number of anilines is 1. The van der Waals surface area contributed by atoms with Crippen LogP contribution in [0.25, 0.3) is 0 Å². The Morgan fingerprint density at radius 3 is 2.50 bits per heavy atom. The first-order valence-electron chi connectivity index (χ1n) is 9.05. The summed E-state index contributed by atoms with van der Waals surface area (Å²) in [7, 11) is 0. The minimum atomic E-state index is -1.12. The van der Waals surface area contributed by atoms with Gasteiger partial charge in [-0.05, 0) is 62.1 Å². The third kappa shape index (κ3) is 3.19. The van der Waals surface area contributed by atoms with Gasteiger partial charge in [0.25, 0.3) is 11.6 Å². The second kappa shape index (κ2) is 7.49. The molecule has 3 nitrogen and oxygen atoms in total. The van der Waals surface area contributed by atoms with Crippen LogP contribution in [0.1, 0.15) is 36.8 Å². The van der Waals surface area contributed by atoms with E-state index in [0.29, 0.717) is 6.54 Å². The fourth-order valence-electron chi connectivity index (χ4n) is 4.12. The van der Waals surface area contributed by atoms with E-state index in [2.05, 4.69) is 28.5 Å². The van der Waals surface area contributed by atoms with Gasteiger partial charge in [-0.15, -0.1) is 0 Å². The van der Waals surface area contributed by atoms with E-state index in [9.17, 15) is 9.50 Å². The van der Waals surface area contributed by atoms with Gasteiger partial charge >= 0.3 is 0 Å².